The maximum atomic E-state index is 13.9. The number of pyridine rings is 2. The van der Waals surface area contributed by atoms with Crippen LogP contribution >= 0.6 is 0 Å². The van der Waals surface area contributed by atoms with Crippen LogP contribution in [0.15, 0.2) is 43.1 Å². The number of aryl methyl sites for hydroxylation is 1. The molecule has 6 rings (SSSR count). The lowest BCUT2D eigenvalue weighted by atomic mass is 9.92. The lowest BCUT2D eigenvalue weighted by molar-refractivity contribution is 0.599. The van der Waals surface area contributed by atoms with Gasteiger partial charge in [-0.3, -0.25) is 9.97 Å². The van der Waals surface area contributed by atoms with E-state index in [1.54, 1.807) is 10.7 Å². The van der Waals surface area contributed by atoms with Gasteiger partial charge in [0.05, 0.1) is 24.1 Å². The Bertz CT molecular complexity index is 1480. The molecule has 5 aromatic heterocycles. The molecule has 9 heteroatoms. The minimum Gasteiger partial charge on any atom is -0.357 e. The molecule has 0 aliphatic heterocycles. The molecule has 0 saturated heterocycles. The van der Waals surface area contributed by atoms with E-state index >= 15 is 0 Å². The van der Waals surface area contributed by atoms with Crippen LogP contribution < -0.4 is 5.32 Å². The second-order valence-electron chi connectivity index (χ2n) is 8.84. The molecule has 0 aromatic carbocycles. The molecule has 0 radical (unpaired) electrons. The van der Waals surface area contributed by atoms with Crippen molar-refractivity contribution in [3.63, 3.8) is 0 Å². The summed E-state index contributed by atoms with van der Waals surface area (Å²) in [4.78, 5) is 21.2. The van der Waals surface area contributed by atoms with Gasteiger partial charge in [0.15, 0.2) is 11.5 Å². The van der Waals surface area contributed by atoms with Crippen LogP contribution in [0, 0.1) is 5.82 Å². The van der Waals surface area contributed by atoms with Gasteiger partial charge >= 0.3 is 0 Å². The first-order chi connectivity index (χ1) is 16.1. The van der Waals surface area contributed by atoms with E-state index in [1.165, 1.54) is 28.9 Å². The Kier molecular flexibility index (Phi) is 4.56. The fraction of sp³-hybridized carbons (Fsp3) is 0.292. The third kappa shape index (κ3) is 3.40. The standard InChI is InChI=1S/C24H23FN8/c1-13(2)19-11-28-33-23(19)31-22(14-7-15(25)10-27-9-14)32-24(33)29-16-3-4-20-18(8-16)17-5-6-26-12-21(17)30-20/h5-7,9-13,16,30H,3-4,8H2,1-2H3,(H,29,31,32). The van der Waals surface area contributed by atoms with Crippen molar-refractivity contribution in [1.82, 2.24) is 34.5 Å². The van der Waals surface area contributed by atoms with E-state index in [-0.39, 0.29) is 12.0 Å². The summed E-state index contributed by atoms with van der Waals surface area (Å²) in [5, 5.41) is 9.38. The van der Waals surface area contributed by atoms with Crippen LogP contribution in [0.25, 0.3) is 27.9 Å². The van der Waals surface area contributed by atoms with Gasteiger partial charge in [-0.15, -0.1) is 0 Å². The van der Waals surface area contributed by atoms with E-state index < -0.39 is 5.82 Å². The second kappa shape index (κ2) is 7.61. The number of aromatic nitrogens is 7. The van der Waals surface area contributed by atoms with Gasteiger partial charge in [0.2, 0.25) is 5.95 Å². The van der Waals surface area contributed by atoms with Crippen molar-refractivity contribution in [3.8, 4) is 11.4 Å². The minimum absolute atomic E-state index is 0.174. The highest BCUT2D eigenvalue weighted by Gasteiger charge is 2.25. The van der Waals surface area contributed by atoms with Crippen molar-refractivity contribution in [2.75, 3.05) is 5.32 Å². The molecule has 5 heterocycles. The molecular weight excluding hydrogens is 419 g/mol. The van der Waals surface area contributed by atoms with Gasteiger partial charge in [0.25, 0.3) is 0 Å². The highest BCUT2D eigenvalue weighted by Crippen LogP contribution is 2.31. The quantitative estimate of drug-likeness (QED) is 0.431. The smallest absolute Gasteiger partial charge is 0.228 e. The number of nitrogens with zero attached hydrogens (tertiary/aromatic N) is 6. The molecule has 1 atom stereocenters. The van der Waals surface area contributed by atoms with Crippen LogP contribution in [0.5, 0.6) is 0 Å². The largest absolute Gasteiger partial charge is 0.357 e. The average Bonchev–Trinajstić information content (AvgIpc) is 3.41. The van der Waals surface area contributed by atoms with Gasteiger partial charge in [-0.2, -0.15) is 14.6 Å². The van der Waals surface area contributed by atoms with E-state index in [0.717, 1.165) is 36.0 Å². The highest BCUT2D eigenvalue weighted by molar-refractivity contribution is 5.84. The Morgan fingerprint density at radius 2 is 2.06 bits per heavy atom. The Labute approximate surface area is 189 Å². The molecule has 0 spiro atoms. The highest BCUT2D eigenvalue weighted by atomic mass is 19.1. The molecular formula is C24H23FN8. The first-order valence-corrected chi connectivity index (χ1v) is 11.1. The summed E-state index contributed by atoms with van der Waals surface area (Å²) in [5.41, 5.74) is 5.93. The van der Waals surface area contributed by atoms with E-state index in [0.29, 0.717) is 17.3 Å². The molecule has 0 bridgehead atoms. The monoisotopic (exact) mass is 442 g/mol. The lowest BCUT2D eigenvalue weighted by Gasteiger charge is -2.24. The molecule has 33 heavy (non-hydrogen) atoms. The van der Waals surface area contributed by atoms with Crippen molar-refractivity contribution >= 4 is 22.5 Å². The molecule has 5 aromatic rings. The van der Waals surface area contributed by atoms with Gasteiger partial charge in [-0.25, -0.2) is 9.37 Å². The molecule has 1 unspecified atom stereocenters. The topological polar surface area (TPSA) is 96.7 Å². The number of halogens is 1. The minimum atomic E-state index is -0.420. The Morgan fingerprint density at radius 1 is 1.15 bits per heavy atom. The number of hydrogen-bond acceptors (Lipinski definition) is 6. The maximum absolute atomic E-state index is 13.9. The summed E-state index contributed by atoms with van der Waals surface area (Å²) < 4.78 is 15.6. The number of rotatable bonds is 4. The molecule has 8 nitrogen and oxygen atoms in total. The summed E-state index contributed by atoms with van der Waals surface area (Å²) in [6.45, 7) is 4.20. The molecule has 1 aliphatic carbocycles. The first kappa shape index (κ1) is 19.8. The molecule has 166 valence electrons. The van der Waals surface area contributed by atoms with Crippen LogP contribution in [0.2, 0.25) is 0 Å². The van der Waals surface area contributed by atoms with Crippen LogP contribution in [0.1, 0.15) is 43.0 Å². The van der Waals surface area contributed by atoms with Crippen molar-refractivity contribution in [2.24, 2.45) is 0 Å². The summed E-state index contributed by atoms with van der Waals surface area (Å²) in [7, 11) is 0. The normalized spacial score (nSPS) is 15.9. The van der Waals surface area contributed by atoms with E-state index in [4.69, 9.17) is 9.97 Å². The van der Waals surface area contributed by atoms with Gasteiger partial charge in [-0.1, -0.05) is 13.8 Å². The lowest BCUT2D eigenvalue weighted by Crippen LogP contribution is -2.29. The summed E-state index contributed by atoms with van der Waals surface area (Å²) in [6, 6.07) is 3.64. The number of fused-ring (bicyclic) bond motifs is 4. The van der Waals surface area contributed by atoms with Gasteiger partial charge in [-0.05, 0) is 42.9 Å². The van der Waals surface area contributed by atoms with E-state index in [2.05, 4.69) is 45.3 Å². The van der Waals surface area contributed by atoms with Crippen LogP contribution in [-0.4, -0.2) is 40.6 Å². The van der Waals surface area contributed by atoms with Gasteiger partial charge < -0.3 is 10.3 Å². The number of anilines is 1. The van der Waals surface area contributed by atoms with Gasteiger partial charge in [0, 0.05) is 40.6 Å². The average molecular weight is 443 g/mol. The molecule has 0 fully saturated rings. The van der Waals surface area contributed by atoms with Gasteiger partial charge in [0.1, 0.15) is 5.82 Å². The molecule has 2 N–H and O–H groups in total. The predicted molar refractivity (Wildman–Crippen MR) is 124 cm³/mol. The Balaban J connectivity index is 1.41. The van der Waals surface area contributed by atoms with E-state index in [1.807, 2.05) is 18.6 Å². The zero-order valence-electron chi connectivity index (χ0n) is 18.4. The Hall–Kier alpha value is -3.88. The van der Waals surface area contributed by atoms with Crippen LogP contribution in [0.4, 0.5) is 10.3 Å². The van der Waals surface area contributed by atoms with Crippen LogP contribution in [0.3, 0.4) is 0 Å². The van der Waals surface area contributed by atoms with Crippen molar-refractivity contribution in [3.05, 3.63) is 65.8 Å². The van der Waals surface area contributed by atoms with Crippen molar-refractivity contribution in [2.45, 2.75) is 45.1 Å². The zero-order valence-corrected chi connectivity index (χ0v) is 18.4. The molecule has 1 aliphatic rings. The van der Waals surface area contributed by atoms with Crippen molar-refractivity contribution in [1.29, 1.82) is 0 Å². The first-order valence-electron chi connectivity index (χ1n) is 11.1. The predicted octanol–water partition coefficient (Wildman–Crippen LogP) is 4.29. The summed E-state index contributed by atoms with van der Waals surface area (Å²) in [6.07, 6.45) is 11.0. The maximum Gasteiger partial charge on any atom is 0.228 e. The molecule has 0 amide bonds. The van der Waals surface area contributed by atoms with E-state index in [9.17, 15) is 4.39 Å². The summed E-state index contributed by atoms with van der Waals surface area (Å²) >= 11 is 0. The number of hydrogen-bond donors (Lipinski definition) is 2. The number of nitrogens with one attached hydrogen (secondary N) is 2. The third-order valence-electron chi connectivity index (χ3n) is 6.30. The SMILES string of the molecule is CC(C)c1cnn2c(NC3CCc4[nH]c5cnccc5c4C3)nc(-c3cncc(F)c3)nc12. The Morgan fingerprint density at radius 3 is 2.91 bits per heavy atom. The fourth-order valence-corrected chi connectivity index (χ4v) is 4.64. The second-order valence-corrected chi connectivity index (χ2v) is 8.84. The third-order valence-corrected chi connectivity index (χ3v) is 6.30. The molecule has 0 saturated carbocycles. The number of H-pyrrole nitrogens is 1. The van der Waals surface area contributed by atoms with Crippen molar-refractivity contribution < 1.29 is 4.39 Å². The zero-order chi connectivity index (χ0) is 22.5. The summed E-state index contributed by atoms with van der Waals surface area (Å²) in [5.74, 6) is 0.840. The number of aromatic amines is 1. The van der Waals surface area contributed by atoms with Crippen LogP contribution in [-0.2, 0) is 12.8 Å². The fourth-order valence-electron chi connectivity index (χ4n) is 4.64.